The highest BCUT2D eigenvalue weighted by molar-refractivity contribution is 9.10. The monoisotopic (exact) mass is 344 g/mol. The zero-order valence-corrected chi connectivity index (χ0v) is 13.3. The normalized spacial score (nSPS) is 19.5. The van der Waals surface area contributed by atoms with Crippen LogP contribution in [0.15, 0.2) is 22.7 Å². The van der Waals surface area contributed by atoms with Gasteiger partial charge in [0, 0.05) is 28.1 Å². The quantitative estimate of drug-likeness (QED) is 0.912. The highest BCUT2D eigenvalue weighted by Gasteiger charge is 2.24. The number of likely N-dealkylation sites (tertiary alicyclic amines) is 1. The molecule has 0 aliphatic carbocycles. The Morgan fingerprint density at radius 1 is 1.53 bits per heavy atom. The molecule has 104 valence electrons. The van der Waals surface area contributed by atoms with Gasteiger partial charge in [-0.25, -0.2) is 0 Å². The van der Waals surface area contributed by atoms with E-state index >= 15 is 0 Å². The number of carbonyl (C=O) groups is 1. The molecule has 0 bridgehead atoms. The molecular weight excluding hydrogens is 328 g/mol. The zero-order valence-electron chi connectivity index (χ0n) is 11.0. The minimum atomic E-state index is 0.0732. The van der Waals surface area contributed by atoms with E-state index in [1.807, 2.05) is 18.0 Å². The van der Waals surface area contributed by atoms with E-state index < -0.39 is 0 Å². The molecule has 1 aromatic carbocycles. The van der Waals surface area contributed by atoms with Crippen molar-refractivity contribution in [2.24, 2.45) is 5.92 Å². The first-order valence-electron chi connectivity index (χ1n) is 6.50. The summed E-state index contributed by atoms with van der Waals surface area (Å²) in [5, 5.41) is 3.77. The first-order valence-corrected chi connectivity index (χ1v) is 7.67. The SMILES string of the molecule is CNCC1CCCN(C(=O)c2cc(Cl)cc(Br)c2)C1. The highest BCUT2D eigenvalue weighted by atomic mass is 79.9. The van der Waals surface area contributed by atoms with Crippen LogP contribution in [-0.4, -0.2) is 37.5 Å². The smallest absolute Gasteiger partial charge is 0.253 e. The lowest BCUT2D eigenvalue weighted by Crippen LogP contribution is -2.42. The molecule has 0 saturated carbocycles. The molecule has 1 saturated heterocycles. The van der Waals surface area contributed by atoms with Gasteiger partial charge in [0.2, 0.25) is 0 Å². The molecule has 3 nitrogen and oxygen atoms in total. The maximum atomic E-state index is 12.5. The number of nitrogens with zero attached hydrogens (tertiary/aromatic N) is 1. The van der Waals surface area contributed by atoms with Crippen molar-refractivity contribution in [1.29, 1.82) is 0 Å². The van der Waals surface area contributed by atoms with Crippen LogP contribution < -0.4 is 5.32 Å². The fourth-order valence-corrected chi connectivity index (χ4v) is 3.42. The van der Waals surface area contributed by atoms with Gasteiger partial charge < -0.3 is 10.2 Å². The van der Waals surface area contributed by atoms with Crippen molar-refractivity contribution < 1.29 is 4.79 Å². The number of carbonyl (C=O) groups excluding carboxylic acids is 1. The average Bonchev–Trinajstić information content (AvgIpc) is 2.37. The van der Waals surface area contributed by atoms with Crippen molar-refractivity contribution in [3.05, 3.63) is 33.3 Å². The molecule has 0 radical (unpaired) electrons. The van der Waals surface area contributed by atoms with Crippen molar-refractivity contribution >= 4 is 33.4 Å². The molecular formula is C14H18BrClN2O. The second-order valence-electron chi connectivity index (χ2n) is 4.98. The van der Waals surface area contributed by atoms with Crippen LogP contribution in [0.2, 0.25) is 5.02 Å². The molecule has 1 aliphatic rings. The summed E-state index contributed by atoms with van der Waals surface area (Å²) < 4.78 is 0.840. The summed E-state index contributed by atoms with van der Waals surface area (Å²) in [6, 6.07) is 5.35. The number of benzene rings is 1. The van der Waals surface area contributed by atoms with Crippen molar-refractivity contribution in [1.82, 2.24) is 10.2 Å². The van der Waals surface area contributed by atoms with Crippen molar-refractivity contribution in [2.75, 3.05) is 26.7 Å². The van der Waals surface area contributed by atoms with Gasteiger partial charge in [-0.3, -0.25) is 4.79 Å². The second-order valence-corrected chi connectivity index (χ2v) is 6.33. The van der Waals surface area contributed by atoms with E-state index in [4.69, 9.17) is 11.6 Å². The molecule has 1 heterocycles. The van der Waals surface area contributed by atoms with Gasteiger partial charge >= 0.3 is 0 Å². The molecule has 0 aromatic heterocycles. The Hall–Kier alpha value is -0.580. The molecule has 1 atom stereocenters. The maximum absolute atomic E-state index is 12.5. The molecule has 19 heavy (non-hydrogen) atoms. The molecule has 0 spiro atoms. The largest absolute Gasteiger partial charge is 0.338 e. The fourth-order valence-electron chi connectivity index (χ4n) is 2.56. The van der Waals surface area contributed by atoms with Crippen LogP contribution in [-0.2, 0) is 0 Å². The van der Waals surface area contributed by atoms with Crippen LogP contribution in [0.25, 0.3) is 0 Å². The highest BCUT2D eigenvalue weighted by Crippen LogP contribution is 2.23. The summed E-state index contributed by atoms with van der Waals surface area (Å²) in [4.78, 5) is 14.4. The Labute approximate surface area is 127 Å². The second kappa shape index (κ2) is 6.73. The van der Waals surface area contributed by atoms with E-state index in [1.165, 1.54) is 6.42 Å². The lowest BCUT2D eigenvalue weighted by Gasteiger charge is -2.32. The van der Waals surface area contributed by atoms with Crippen molar-refractivity contribution in [2.45, 2.75) is 12.8 Å². The van der Waals surface area contributed by atoms with Crippen molar-refractivity contribution in [3.63, 3.8) is 0 Å². The minimum Gasteiger partial charge on any atom is -0.338 e. The summed E-state index contributed by atoms with van der Waals surface area (Å²) in [6.45, 7) is 2.62. The Bertz CT molecular complexity index is 445. The van der Waals surface area contributed by atoms with Crippen LogP contribution in [0.1, 0.15) is 23.2 Å². The molecule has 2 rings (SSSR count). The Morgan fingerprint density at radius 3 is 3.00 bits per heavy atom. The maximum Gasteiger partial charge on any atom is 0.253 e. The third kappa shape index (κ3) is 3.94. The van der Waals surface area contributed by atoms with Gasteiger partial charge in [-0.2, -0.15) is 0 Å². The summed E-state index contributed by atoms with van der Waals surface area (Å²) in [7, 11) is 1.95. The minimum absolute atomic E-state index is 0.0732. The van der Waals surface area contributed by atoms with Crippen LogP contribution >= 0.6 is 27.5 Å². The lowest BCUT2D eigenvalue weighted by atomic mass is 9.97. The number of hydrogen-bond acceptors (Lipinski definition) is 2. The zero-order chi connectivity index (χ0) is 13.8. The number of halogens is 2. The number of rotatable bonds is 3. The van der Waals surface area contributed by atoms with Gasteiger partial charge in [-0.1, -0.05) is 27.5 Å². The first-order chi connectivity index (χ1) is 9.10. The Kier molecular flexibility index (Phi) is 5.25. The van der Waals surface area contributed by atoms with Crippen molar-refractivity contribution in [3.8, 4) is 0 Å². The average molecular weight is 346 g/mol. The third-order valence-electron chi connectivity index (χ3n) is 3.41. The standard InChI is InChI=1S/C14H18BrClN2O/c1-17-8-10-3-2-4-18(9-10)14(19)11-5-12(15)7-13(16)6-11/h5-7,10,17H,2-4,8-9H2,1H3. The summed E-state index contributed by atoms with van der Waals surface area (Å²) in [6.07, 6.45) is 2.25. The van der Waals surface area contributed by atoms with Gasteiger partial charge in [0.25, 0.3) is 5.91 Å². The van der Waals surface area contributed by atoms with Crippen LogP contribution in [0, 0.1) is 5.92 Å². The van der Waals surface area contributed by atoms with E-state index in [1.54, 1.807) is 12.1 Å². The van der Waals surface area contributed by atoms with Crippen LogP contribution in [0.5, 0.6) is 0 Å². The number of piperidine rings is 1. The van der Waals surface area contributed by atoms with E-state index in [0.717, 1.165) is 30.5 Å². The molecule has 1 amide bonds. The van der Waals surface area contributed by atoms with Gasteiger partial charge in [0.05, 0.1) is 0 Å². The molecule has 1 unspecified atom stereocenters. The summed E-state index contributed by atoms with van der Waals surface area (Å²) >= 11 is 9.38. The topological polar surface area (TPSA) is 32.3 Å². The van der Waals surface area contributed by atoms with E-state index in [0.29, 0.717) is 16.5 Å². The predicted molar refractivity (Wildman–Crippen MR) is 81.7 cm³/mol. The number of nitrogens with one attached hydrogen (secondary N) is 1. The molecule has 1 aromatic rings. The lowest BCUT2D eigenvalue weighted by molar-refractivity contribution is 0.0674. The van der Waals surface area contributed by atoms with Gasteiger partial charge in [0.15, 0.2) is 0 Å². The molecule has 1 aliphatic heterocycles. The van der Waals surface area contributed by atoms with Gasteiger partial charge in [-0.05, 0) is 50.6 Å². The Balaban J connectivity index is 2.10. The molecule has 5 heteroatoms. The van der Waals surface area contributed by atoms with Gasteiger partial charge in [-0.15, -0.1) is 0 Å². The fraction of sp³-hybridized carbons (Fsp3) is 0.500. The van der Waals surface area contributed by atoms with E-state index in [2.05, 4.69) is 21.2 Å². The van der Waals surface area contributed by atoms with E-state index in [9.17, 15) is 4.79 Å². The number of amides is 1. The third-order valence-corrected chi connectivity index (χ3v) is 4.08. The van der Waals surface area contributed by atoms with Crippen LogP contribution in [0.4, 0.5) is 0 Å². The van der Waals surface area contributed by atoms with E-state index in [-0.39, 0.29) is 5.91 Å². The Morgan fingerprint density at radius 2 is 2.32 bits per heavy atom. The molecule has 1 fully saturated rings. The number of hydrogen-bond donors (Lipinski definition) is 1. The first kappa shape index (κ1) is 14.8. The van der Waals surface area contributed by atoms with Gasteiger partial charge in [0.1, 0.15) is 0 Å². The predicted octanol–water partition coefficient (Wildman–Crippen LogP) is 3.17. The van der Waals surface area contributed by atoms with Crippen LogP contribution in [0.3, 0.4) is 0 Å². The summed E-state index contributed by atoms with van der Waals surface area (Å²) in [5.74, 6) is 0.620. The summed E-state index contributed by atoms with van der Waals surface area (Å²) in [5.41, 5.74) is 0.657. The molecule has 1 N–H and O–H groups in total.